The predicted molar refractivity (Wildman–Crippen MR) is 136 cm³/mol. The maximum atomic E-state index is 14.8. The number of rotatable bonds is 11. The van der Waals surface area contributed by atoms with Crippen LogP contribution in [-0.4, -0.2) is 49.1 Å². The number of H-pyrrole nitrogens is 2. The van der Waals surface area contributed by atoms with E-state index in [-0.39, 0.29) is 29.3 Å². The Balaban J connectivity index is 1.36. The number of carbonyl (C=O) groups is 2. The van der Waals surface area contributed by atoms with Crippen LogP contribution in [0.25, 0.3) is 0 Å². The van der Waals surface area contributed by atoms with Gasteiger partial charge in [0.1, 0.15) is 11.8 Å². The van der Waals surface area contributed by atoms with Gasteiger partial charge in [-0.05, 0) is 35.4 Å². The van der Waals surface area contributed by atoms with Crippen LogP contribution in [0.5, 0.6) is 17.4 Å². The number of halogens is 1. The molecule has 0 fully saturated rings. The number of carbonyl (C=O) groups excluding carboxylic acids is 1. The Hall–Kier alpha value is -4.49. The summed E-state index contributed by atoms with van der Waals surface area (Å²) in [5.74, 6) is -2.52. The Morgan fingerprint density at radius 3 is 2.50 bits per heavy atom. The van der Waals surface area contributed by atoms with Crippen molar-refractivity contribution in [3.8, 4) is 17.4 Å². The molecule has 0 bridgehead atoms. The van der Waals surface area contributed by atoms with Gasteiger partial charge in [0.15, 0.2) is 11.6 Å². The summed E-state index contributed by atoms with van der Waals surface area (Å²) in [5.41, 5.74) is 7.65. The molecular weight excluding hydrogens is 517 g/mol. The van der Waals surface area contributed by atoms with Crippen LogP contribution < -0.4 is 20.7 Å². The van der Waals surface area contributed by atoms with Crippen molar-refractivity contribution >= 4 is 23.2 Å². The van der Waals surface area contributed by atoms with E-state index in [0.29, 0.717) is 28.3 Å². The molecule has 0 spiro atoms. The minimum Gasteiger partial charge on any atom is -0.494 e. The Morgan fingerprint density at radius 2 is 1.89 bits per heavy atom. The Labute approximate surface area is 219 Å². The summed E-state index contributed by atoms with van der Waals surface area (Å²) in [6.07, 6.45) is 3.29. The molecule has 198 valence electrons. The van der Waals surface area contributed by atoms with Gasteiger partial charge < -0.3 is 31.0 Å². The summed E-state index contributed by atoms with van der Waals surface area (Å²) in [6.45, 7) is 0. The highest BCUT2D eigenvalue weighted by Crippen LogP contribution is 2.27. The molecule has 4 aromatic rings. The first-order valence-corrected chi connectivity index (χ1v) is 12.2. The number of hydrogen-bond donors (Lipinski definition) is 6. The average molecular weight is 542 g/mol. The highest BCUT2D eigenvalue weighted by molar-refractivity contribution is 7.09. The van der Waals surface area contributed by atoms with Crippen LogP contribution in [0, 0.1) is 5.82 Å². The van der Waals surface area contributed by atoms with E-state index in [1.54, 1.807) is 24.3 Å². The summed E-state index contributed by atoms with van der Waals surface area (Å²) >= 11 is 0.918. The molecular formula is C25H24FN5O6S. The number of benzene rings is 2. The second-order valence-corrected chi connectivity index (χ2v) is 9.53. The fraction of sp³-hybridized carbons (Fsp3) is 0.200. The molecule has 2 unspecified atom stereocenters. The number of ether oxygens (including phenoxy) is 1. The number of nitrogens with two attached hydrogens (primary N) is 1. The van der Waals surface area contributed by atoms with Gasteiger partial charge in [-0.25, -0.2) is 14.2 Å². The quantitative estimate of drug-likeness (QED) is 0.167. The lowest BCUT2D eigenvalue weighted by molar-refractivity contribution is -0.142. The lowest BCUT2D eigenvalue weighted by Crippen LogP contribution is -2.50. The third kappa shape index (κ3) is 6.83. The summed E-state index contributed by atoms with van der Waals surface area (Å²) in [7, 11) is 0. The number of aliphatic carboxylic acids is 1. The molecule has 38 heavy (non-hydrogen) atoms. The minimum atomic E-state index is -1.31. The number of carboxylic acids is 1. The molecule has 11 nitrogen and oxygen atoms in total. The minimum absolute atomic E-state index is 0.0690. The molecule has 0 saturated carbocycles. The number of carboxylic acid groups (broad SMARTS) is 1. The molecule has 2 aromatic heterocycles. The van der Waals surface area contributed by atoms with Gasteiger partial charge in [-0.1, -0.05) is 29.5 Å². The van der Waals surface area contributed by atoms with Crippen molar-refractivity contribution in [3.63, 3.8) is 0 Å². The zero-order valence-electron chi connectivity index (χ0n) is 19.8. The van der Waals surface area contributed by atoms with E-state index < -0.39 is 29.8 Å². The highest BCUT2D eigenvalue weighted by atomic mass is 32.1. The van der Waals surface area contributed by atoms with Crippen LogP contribution in [0.2, 0.25) is 0 Å². The van der Waals surface area contributed by atoms with Gasteiger partial charge >= 0.3 is 10.8 Å². The molecule has 13 heteroatoms. The normalized spacial score (nSPS) is 12.6. The first-order valence-electron chi connectivity index (χ1n) is 11.4. The van der Waals surface area contributed by atoms with Gasteiger partial charge in [0.2, 0.25) is 11.8 Å². The van der Waals surface area contributed by atoms with E-state index in [1.165, 1.54) is 24.7 Å². The Bertz CT molecular complexity index is 1470. The molecule has 0 aliphatic carbocycles. The van der Waals surface area contributed by atoms with Crippen molar-refractivity contribution in [2.45, 2.75) is 31.3 Å². The van der Waals surface area contributed by atoms with E-state index >= 15 is 0 Å². The van der Waals surface area contributed by atoms with Crippen molar-refractivity contribution < 1.29 is 28.9 Å². The second kappa shape index (κ2) is 11.7. The van der Waals surface area contributed by atoms with Gasteiger partial charge in [-0.15, -0.1) is 0 Å². The number of amides is 1. The van der Waals surface area contributed by atoms with Gasteiger partial charge in [0, 0.05) is 31.2 Å². The maximum Gasteiger partial charge on any atom is 0.326 e. The average Bonchev–Trinajstić information content (AvgIpc) is 3.50. The number of nitrogens with one attached hydrogen (secondary N) is 3. The number of nitrogens with zero attached hydrogens (tertiary/aromatic N) is 1. The third-order valence-corrected chi connectivity index (χ3v) is 6.47. The number of aromatic hydroxyl groups is 1. The van der Waals surface area contributed by atoms with Gasteiger partial charge in [0.05, 0.1) is 17.2 Å². The molecule has 7 N–H and O–H groups in total. The van der Waals surface area contributed by atoms with Crippen LogP contribution in [0.15, 0.2) is 59.8 Å². The fourth-order valence-electron chi connectivity index (χ4n) is 3.65. The van der Waals surface area contributed by atoms with E-state index in [2.05, 4.69) is 20.3 Å². The summed E-state index contributed by atoms with van der Waals surface area (Å²) in [4.78, 5) is 44.6. The first kappa shape index (κ1) is 26.6. The van der Waals surface area contributed by atoms with E-state index in [0.717, 1.165) is 23.0 Å². The molecule has 0 saturated heterocycles. The fourth-order valence-corrected chi connectivity index (χ4v) is 4.41. The van der Waals surface area contributed by atoms with Gasteiger partial charge in [-0.2, -0.15) is 0 Å². The molecule has 1 amide bonds. The lowest BCUT2D eigenvalue weighted by atomic mass is 10.0. The largest absolute Gasteiger partial charge is 0.494 e. The van der Waals surface area contributed by atoms with Crippen LogP contribution in [0.1, 0.15) is 21.7 Å². The molecule has 0 aliphatic heterocycles. The maximum absolute atomic E-state index is 14.8. The zero-order valence-corrected chi connectivity index (χ0v) is 20.6. The molecule has 0 aliphatic rings. The second-order valence-electron chi connectivity index (χ2n) is 8.46. The topological polar surface area (TPSA) is 183 Å². The number of thiazole rings is 1. The SMILES string of the molecule is NC(Cc1cnc[nH]1)C(=O)NC(Cc1ccc(Oc2ccc(Cc3sc(=O)[nH]c3O)cc2)c(F)c1)C(=O)O. The van der Waals surface area contributed by atoms with E-state index in [9.17, 15) is 29.0 Å². The molecule has 4 rings (SSSR count). The third-order valence-electron chi connectivity index (χ3n) is 5.60. The van der Waals surface area contributed by atoms with Crippen molar-refractivity contribution in [1.29, 1.82) is 0 Å². The van der Waals surface area contributed by atoms with Crippen molar-refractivity contribution in [1.82, 2.24) is 20.3 Å². The molecule has 2 atom stereocenters. The highest BCUT2D eigenvalue weighted by Gasteiger charge is 2.24. The first-order chi connectivity index (χ1) is 18.2. The van der Waals surface area contributed by atoms with Crippen LogP contribution in [0.4, 0.5) is 4.39 Å². The molecule has 2 aromatic carbocycles. The number of imidazole rings is 1. The number of aromatic nitrogens is 3. The van der Waals surface area contributed by atoms with E-state index in [4.69, 9.17) is 10.5 Å². The van der Waals surface area contributed by atoms with Crippen LogP contribution >= 0.6 is 11.3 Å². The van der Waals surface area contributed by atoms with Crippen molar-refractivity contribution in [2.75, 3.05) is 0 Å². The smallest absolute Gasteiger partial charge is 0.326 e. The number of aromatic amines is 2. The van der Waals surface area contributed by atoms with Crippen LogP contribution in [-0.2, 0) is 28.9 Å². The standard InChI is InChI=1S/C25H24FN5O6S/c26-17-7-14(8-19(24(34)35)30-22(32)18(27)10-15-11-28-12-29-15)3-6-20(17)37-16-4-1-13(2-5-16)9-21-23(33)31-25(36)38-21/h1-7,11-12,18-19,33H,8-10,27H2,(H,28,29)(H,30,32)(H,31,36)(H,34,35). The van der Waals surface area contributed by atoms with Gasteiger partial charge in [0.25, 0.3) is 0 Å². The lowest BCUT2D eigenvalue weighted by Gasteiger charge is -2.18. The summed E-state index contributed by atoms with van der Waals surface area (Å²) in [5, 5.41) is 21.7. The van der Waals surface area contributed by atoms with E-state index in [1.807, 2.05) is 0 Å². The van der Waals surface area contributed by atoms with Crippen molar-refractivity contribution in [2.24, 2.45) is 5.73 Å². The predicted octanol–water partition coefficient (Wildman–Crippen LogP) is 2.07. The molecule has 0 radical (unpaired) electrons. The molecule has 2 heterocycles. The van der Waals surface area contributed by atoms with Gasteiger partial charge in [-0.3, -0.25) is 14.6 Å². The summed E-state index contributed by atoms with van der Waals surface area (Å²) in [6, 6.07) is 8.42. The van der Waals surface area contributed by atoms with Crippen LogP contribution in [0.3, 0.4) is 0 Å². The Kier molecular flexibility index (Phi) is 8.19. The monoisotopic (exact) mass is 541 g/mol. The Morgan fingerprint density at radius 1 is 1.16 bits per heavy atom. The zero-order chi connectivity index (χ0) is 27.2. The number of hydrogen-bond acceptors (Lipinski definition) is 8. The van der Waals surface area contributed by atoms with Crippen molar-refractivity contribution in [3.05, 3.63) is 92.2 Å². The summed E-state index contributed by atoms with van der Waals surface area (Å²) < 4.78 is 20.4.